The van der Waals surface area contributed by atoms with Gasteiger partial charge in [0.15, 0.2) is 0 Å². The lowest BCUT2D eigenvalue weighted by atomic mass is 9.95. The van der Waals surface area contributed by atoms with Gasteiger partial charge in [0.25, 0.3) is 0 Å². The maximum absolute atomic E-state index is 12.8. The van der Waals surface area contributed by atoms with E-state index in [0.29, 0.717) is 18.5 Å². The monoisotopic (exact) mass is 347 g/mol. The van der Waals surface area contributed by atoms with Crippen molar-refractivity contribution in [1.82, 2.24) is 5.32 Å². The highest BCUT2D eigenvalue weighted by Gasteiger charge is 2.57. The molecule has 1 amide bonds. The molecule has 2 aliphatic heterocycles. The quantitative estimate of drug-likeness (QED) is 0.927. The van der Waals surface area contributed by atoms with Crippen molar-refractivity contribution in [2.75, 3.05) is 36.0 Å². The number of rotatable bonds is 3. The van der Waals surface area contributed by atoms with E-state index in [9.17, 15) is 4.79 Å². The Morgan fingerprint density at radius 3 is 2.62 bits per heavy atom. The van der Waals surface area contributed by atoms with Crippen molar-refractivity contribution in [2.24, 2.45) is 5.92 Å². The zero-order valence-electron chi connectivity index (χ0n) is 15.2. The molecule has 2 atom stereocenters. The fourth-order valence-corrected chi connectivity index (χ4v) is 4.88. The Balaban J connectivity index is 1.44. The van der Waals surface area contributed by atoms with Crippen LogP contribution in [0, 0.1) is 5.92 Å². The summed E-state index contributed by atoms with van der Waals surface area (Å²) in [5.41, 5.74) is 5.24. The van der Waals surface area contributed by atoms with E-state index in [4.69, 9.17) is 0 Å². The minimum Gasteiger partial charge on any atom is -0.358 e. The Hall–Kier alpha value is -2.33. The highest BCUT2D eigenvalue weighted by atomic mass is 16.2. The van der Waals surface area contributed by atoms with Crippen LogP contribution in [0.1, 0.15) is 24.5 Å². The minimum absolute atomic E-state index is 0.169. The second-order valence-electron chi connectivity index (χ2n) is 7.86. The second kappa shape index (κ2) is 5.85. The number of nitrogens with one attached hydrogen (secondary N) is 1. The Kier molecular flexibility index (Phi) is 3.57. The van der Waals surface area contributed by atoms with Gasteiger partial charge in [0.05, 0.1) is 6.54 Å². The lowest BCUT2D eigenvalue weighted by Crippen LogP contribution is -2.37. The van der Waals surface area contributed by atoms with Crippen LogP contribution in [-0.4, -0.2) is 32.1 Å². The smallest absolute Gasteiger partial charge is 0.246 e. The number of piperidine rings is 1. The molecule has 26 heavy (non-hydrogen) atoms. The fraction of sp³-hybridized carbons (Fsp3) is 0.409. The SMILES string of the molecule is CCN1C(=O)CN(c2ccc(C34CNCC3C4)cc2)Cc2ccccc21. The topological polar surface area (TPSA) is 35.6 Å². The first-order valence-corrected chi connectivity index (χ1v) is 9.66. The van der Waals surface area contributed by atoms with E-state index >= 15 is 0 Å². The van der Waals surface area contributed by atoms with Crippen LogP contribution in [0.5, 0.6) is 0 Å². The van der Waals surface area contributed by atoms with E-state index in [-0.39, 0.29) is 5.91 Å². The molecule has 1 N–H and O–H groups in total. The first-order chi connectivity index (χ1) is 12.7. The van der Waals surface area contributed by atoms with Crippen LogP contribution >= 0.6 is 0 Å². The third-order valence-corrected chi connectivity index (χ3v) is 6.46. The van der Waals surface area contributed by atoms with Crippen LogP contribution in [-0.2, 0) is 16.8 Å². The number of anilines is 2. The van der Waals surface area contributed by atoms with Gasteiger partial charge in [-0.05, 0) is 55.1 Å². The van der Waals surface area contributed by atoms with Crippen molar-refractivity contribution in [3.8, 4) is 0 Å². The lowest BCUT2D eigenvalue weighted by molar-refractivity contribution is -0.117. The number of amides is 1. The van der Waals surface area contributed by atoms with Crippen molar-refractivity contribution in [3.05, 3.63) is 59.7 Å². The number of fused-ring (bicyclic) bond motifs is 2. The predicted octanol–water partition coefficient (Wildman–Crippen LogP) is 2.92. The average Bonchev–Trinajstić information content (AvgIpc) is 3.28. The van der Waals surface area contributed by atoms with E-state index in [1.54, 1.807) is 0 Å². The highest BCUT2D eigenvalue weighted by Crippen LogP contribution is 2.56. The number of hydrogen-bond acceptors (Lipinski definition) is 3. The summed E-state index contributed by atoms with van der Waals surface area (Å²) in [6, 6.07) is 17.2. The van der Waals surface area contributed by atoms with E-state index in [2.05, 4.69) is 52.7 Å². The van der Waals surface area contributed by atoms with Gasteiger partial charge < -0.3 is 15.1 Å². The molecule has 0 spiro atoms. The number of para-hydroxylation sites is 1. The first-order valence-electron chi connectivity index (χ1n) is 9.66. The van der Waals surface area contributed by atoms with Crippen LogP contribution in [0.3, 0.4) is 0 Å². The number of nitrogens with zero attached hydrogens (tertiary/aromatic N) is 2. The summed E-state index contributed by atoms with van der Waals surface area (Å²) < 4.78 is 0. The van der Waals surface area contributed by atoms with Crippen LogP contribution in [0.15, 0.2) is 48.5 Å². The molecule has 5 rings (SSSR count). The first kappa shape index (κ1) is 15.9. The summed E-state index contributed by atoms with van der Waals surface area (Å²) in [7, 11) is 0. The van der Waals surface area contributed by atoms with Crippen LogP contribution < -0.4 is 15.1 Å². The van der Waals surface area contributed by atoms with E-state index in [0.717, 1.165) is 36.9 Å². The average molecular weight is 347 g/mol. The molecule has 0 radical (unpaired) electrons. The van der Waals surface area contributed by atoms with Crippen LogP contribution in [0.2, 0.25) is 0 Å². The highest BCUT2D eigenvalue weighted by molar-refractivity contribution is 5.98. The van der Waals surface area contributed by atoms with E-state index in [1.807, 2.05) is 17.9 Å². The number of likely N-dealkylation sites (N-methyl/N-ethyl adjacent to an activating group) is 1. The number of benzene rings is 2. The molecule has 4 nitrogen and oxygen atoms in total. The Bertz CT molecular complexity index is 847. The van der Waals surface area contributed by atoms with Crippen molar-refractivity contribution >= 4 is 17.3 Å². The number of carbonyl (C=O) groups is 1. The predicted molar refractivity (Wildman–Crippen MR) is 105 cm³/mol. The van der Waals surface area contributed by atoms with Gasteiger partial charge in [-0.25, -0.2) is 0 Å². The maximum Gasteiger partial charge on any atom is 0.246 e. The summed E-state index contributed by atoms with van der Waals surface area (Å²) in [6.45, 7) is 6.22. The van der Waals surface area contributed by atoms with Gasteiger partial charge in [0.1, 0.15) is 0 Å². The van der Waals surface area contributed by atoms with Crippen molar-refractivity contribution in [2.45, 2.75) is 25.3 Å². The molecule has 3 aliphatic rings. The van der Waals surface area contributed by atoms with Gasteiger partial charge >= 0.3 is 0 Å². The van der Waals surface area contributed by atoms with Crippen molar-refractivity contribution < 1.29 is 4.79 Å². The fourth-order valence-electron chi connectivity index (χ4n) is 4.88. The number of hydrogen-bond donors (Lipinski definition) is 1. The molecule has 1 saturated carbocycles. The van der Waals surface area contributed by atoms with E-state index < -0.39 is 0 Å². The lowest BCUT2D eigenvalue weighted by Gasteiger charge is -2.23. The Morgan fingerprint density at radius 1 is 1.12 bits per heavy atom. The van der Waals surface area contributed by atoms with E-state index in [1.165, 1.54) is 17.5 Å². The minimum atomic E-state index is 0.169. The zero-order chi connectivity index (χ0) is 17.7. The molecule has 1 aliphatic carbocycles. The van der Waals surface area contributed by atoms with Crippen LogP contribution in [0.4, 0.5) is 11.4 Å². The molecular formula is C22H25N3O. The second-order valence-corrected chi connectivity index (χ2v) is 7.86. The Morgan fingerprint density at radius 2 is 1.92 bits per heavy atom. The van der Waals surface area contributed by atoms with Gasteiger partial charge in [0, 0.05) is 36.4 Å². The third-order valence-electron chi connectivity index (χ3n) is 6.46. The molecule has 2 unspecified atom stereocenters. The van der Waals surface area contributed by atoms with Gasteiger partial charge in [-0.1, -0.05) is 30.3 Å². The molecular weight excluding hydrogens is 322 g/mol. The van der Waals surface area contributed by atoms with Gasteiger partial charge in [-0.15, -0.1) is 0 Å². The van der Waals surface area contributed by atoms with Gasteiger partial charge in [0.2, 0.25) is 5.91 Å². The Labute approximate surface area is 154 Å². The maximum atomic E-state index is 12.8. The largest absolute Gasteiger partial charge is 0.358 e. The summed E-state index contributed by atoms with van der Waals surface area (Å²) in [5.74, 6) is 0.987. The van der Waals surface area contributed by atoms with Crippen LogP contribution in [0.25, 0.3) is 0 Å². The summed E-state index contributed by atoms with van der Waals surface area (Å²) in [5, 5.41) is 3.51. The molecule has 134 valence electrons. The van der Waals surface area contributed by atoms with Gasteiger partial charge in [-0.3, -0.25) is 4.79 Å². The van der Waals surface area contributed by atoms with Crippen molar-refractivity contribution in [3.63, 3.8) is 0 Å². The molecule has 0 aromatic heterocycles. The normalized spacial score (nSPS) is 27.1. The standard InChI is InChI=1S/C22H25N3O/c1-2-25-20-6-4-3-5-16(20)13-24(14-21(25)26)19-9-7-17(8-10-19)22-11-18(22)12-23-15-22/h3-10,18,23H,2,11-15H2,1H3. The molecule has 2 aromatic carbocycles. The van der Waals surface area contributed by atoms with Gasteiger partial charge in [-0.2, -0.15) is 0 Å². The zero-order valence-corrected chi connectivity index (χ0v) is 15.2. The third kappa shape index (κ3) is 2.36. The molecule has 2 heterocycles. The summed E-state index contributed by atoms with van der Waals surface area (Å²) in [4.78, 5) is 16.9. The molecule has 2 aromatic rings. The molecule has 2 fully saturated rings. The summed E-state index contributed by atoms with van der Waals surface area (Å²) in [6.07, 6.45) is 1.32. The molecule has 0 bridgehead atoms. The summed E-state index contributed by atoms with van der Waals surface area (Å²) >= 11 is 0. The molecule has 1 saturated heterocycles. The number of carbonyl (C=O) groups excluding carboxylic acids is 1. The van der Waals surface area contributed by atoms with Crippen molar-refractivity contribution in [1.29, 1.82) is 0 Å². The molecule has 4 heteroatoms.